The van der Waals surface area contributed by atoms with Crippen molar-refractivity contribution in [3.63, 3.8) is 0 Å². The summed E-state index contributed by atoms with van der Waals surface area (Å²) in [6.07, 6.45) is 2.73. The summed E-state index contributed by atoms with van der Waals surface area (Å²) in [6, 6.07) is -1.84. The van der Waals surface area contributed by atoms with E-state index in [0.717, 1.165) is 19.3 Å². The van der Waals surface area contributed by atoms with E-state index in [1.165, 1.54) is 0 Å². The van der Waals surface area contributed by atoms with Gasteiger partial charge < -0.3 is 21.5 Å². The Kier molecular flexibility index (Phi) is 4.39. The maximum atomic E-state index is 12.3. The number of carbonyl (C=O) groups excluding carboxylic acids is 2. The summed E-state index contributed by atoms with van der Waals surface area (Å²) in [5, 5.41) is 14.6. The Morgan fingerprint density at radius 2 is 1.81 bits per heavy atom. The molecule has 5 unspecified atom stereocenters. The van der Waals surface area contributed by atoms with Gasteiger partial charge in [0.15, 0.2) is 0 Å². The number of carboxylic acids is 1. The van der Waals surface area contributed by atoms with Crippen LogP contribution in [0.3, 0.4) is 0 Å². The fraction of sp³-hybridized carbons (Fsp3) is 0.786. The van der Waals surface area contributed by atoms with Crippen molar-refractivity contribution in [3.05, 3.63) is 0 Å². The first kappa shape index (κ1) is 15.6. The maximum Gasteiger partial charge on any atom is 0.312 e. The highest BCUT2D eigenvalue weighted by Gasteiger charge is 2.51. The predicted molar refractivity (Wildman–Crippen MR) is 75.2 cm³/mol. The molecule has 5 atom stereocenters. The lowest BCUT2D eigenvalue weighted by Crippen LogP contribution is -2.56. The normalized spacial score (nSPS) is 32.0. The van der Waals surface area contributed by atoms with Crippen molar-refractivity contribution in [2.24, 2.45) is 29.4 Å². The summed E-state index contributed by atoms with van der Waals surface area (Å²) in [4.78, 5) is 34.8. The van der Waals surface area contributed by atoms with Gasteiger partial charge in [0.05, 0.1) is 5.92 Å². The monoisotopic (exact) mass is 297 g/mol. The molecule has 2 bridgehead atoms. The van der Waals surface area contributed by atoms with E-state index in [-0.39, 0.29) is 29.7 Å². The molecule has 21 heavy (non-hydrogen) atoms. The minimum Gasteiger partial charge on any atom is -0.481 e. The first-order valence-electron chi connectivity index (χ1n) is 7.40. The van der Waals surface area contributed by atoms with Gasteiger partial charge >= 0.3 is 12.0 Å². The molecule has 2 fully saturated rings. The van der Waals surface area contributed by atoms with Gasteiger partial charge in [-0.05, 0) is 37.0 Å². The number of amides is 3. The summed E-state index contributed by atoms with van der Waals surface area (Å²) in [5.74, 6) is -1.47. The third kappa shape index (κ3) is 3.11. The number of aliphatic carboxylic acids is 1. The summed E-state index contributed by atoms with van der Waals surface area (Å²) in [5.41, 5.74) is 5.09. The Labute approximate surface area is 123 Å². The van der Waals surface area contributed by atoms with Gasteiger partial charge in [-0.25, -0.2) is 4.79 Å². The molecule has 2 rings (SSSR count). The Morgan fingerprint density at radius 3 is 2.33 bits per heavy atom. The van der Waals surface area contributed by atoms with Crippen LogP contribution in [0.25, 0.3) is 0 Å². The molecule has 0 heterocycles. The van der Waals surface area contributed by atoms with E-state index >= 15 is 0 Å². The first-order chi connectivity index (χ1) is 9.81. The average molecular weight is 297 g/mol. The Balaban J connectivity index is 2.06. The Bertz CT molecular complexity index is 452. The molecule has 0 aromatic carbocycles. The largest absolute Gasteiger partial charge is 0.481 e. The molecule has 2 aliphatic rings. The second-order valence-corrected chi connectivity index (χ2v) is 6.46. The molecule has 0 aromatic rings. The highest BCUT2D eigenvalue weighted by molar-refractivity contribution is 5.87. The number of carbonyl (C=O) groups is 3. The molecule has 2 saturated carbocycles. The summed E-state index contributed by atoms with van der Waals surface area (Å²) in [7, 11) is 0. The molecule has 0 spiro atoms. The molecule has 5 N–H and O–H groups in total. The molecule has 3 amide bonds. The summed E-state index contributed by atoms with van der Waals surface area (Å²) in [6.45, 7) is 3.60. The zero-order chi connectivity index (χ0) is 15.7. The highest BCUT2D eigenvalue weighted by Crippen LogP contribution is 2.48. The van der Waals surface area contributed by atoms with Crippen LogP contribution in [0, 0.1) is 23.7 Å². The lowest BCUT2D eigenvalue weighted by atomic mass is 9.84. The number of hydrogen-bond donors (Lipinski definition) is 4. The zero-order valence-electron chi connectivity index (χ0n) is 12.3. The highest BCUT2D eigenvalue weighted by atomic mass is 16.4. The van der Waals surface area contributed by atoms with Crippen LogP contribution in [-0.4, -0.2) is 35.1 Å². The lowest BCUT2D eigenvalue weighted by molar-refractivity contribution is -0.144. The molecule has 0 aliphatic heterocycles. The van der Waals surface area contributed by atoms with Crippen LogP contribution in [0.15, 0.2) is 0 Å². The number of hydrogen-bond acceptors (Lipinski definition) is 3. The van der Waals surface area contributed by atoms with Crippen molar-refractivity contribution in [2.75, 3.05) is 0 Å². The van der Waals surface area contributed by atoms with Crippen LogP contribution in [0.2, 0.25) is 0 Å². The van der Waals surface area contributed by atoms with Crippen LogP contribution >= 0.6 is 0 Å². The van der Waals surface area contributed by atoms with Crippen molar-refractivity contribution in [1.29, 1.82) is 0 Å². The van der Waals surface area contributed by atoms with E-state index in [4.69, 9.17) is 5.73 Å². The zero-order valence-corrected chi connectivity index (χ0v) is 12.3. The fourth-order valence-corrected chi connectivity index (χ4v) is 3.80. The average Bonchev–Trinajstić information content (AvgIpc) is 2.95. The van der Waals surface area contributed by atoms with Gasteiger partial charge in [-0.3, -0.25) is 9.59 Å². The number of fused-ring (bicyclic) bond motifs is 2. The van der Waals surface area contributed by atoms with Gasteiger partial charge in [-0.2, -0.15) is 0 Å². The van der Waals surface area contributed by atoms with Crippen molar-refractivity contribution in [2.45, 2.75) is 45.2 Å². The molecule has 0 saturated heterocycles. The molecule has 7 nitrogen and oxygen atoms in total. The number of nitrogens with two attached hydrogens (primary N) is 1. The number of urea groups is 1. The minimum absolute atomic E-state index is 0.126. The summed E-state index contributed by atoms with van der Waals surface area (Å²) >= 11 is 0. The van der Waals surface area contributed by atoms with Crippen molar-refractivity contribution in [1.82, 2.24) is 10.6 Å². The smallest absolute Gasteiger partial charge is 0.312 e. The quantitative estimate of drug-likeness (QED) is 0.583. The van der Waals surface area contributed by atoms with E-state index in [1.54, 1.807) is 13.8 Å². The van der Waals surface area contributed by atoms with E-state index < -0.39 is 24.0 Å². The van der Waals surface area contributed by atoms with E-state index in [0.29, 0.717) is 0 Å². The second kappa shape index (κ2) is 5.91. The molecule has 0 radical (unpaired) electrons. The van der Waals surface area contributed by atoms with E-state index in [9.17, 15) is 19.5 Å². The number of primary amides is 1. The van der Waals surface area contributed by atoms with Crippen LogP contribution < -0.4 is 16.4 Å². The predicted octanol–water partition coefficient (Wildman–Crippen LogP) is 0.295. The molecule has 118 valence electrons. The van der Waals surface area contributed by atoms with Gasteiger partial charge in [0.25, 0.3) is 0 Å². The number of nitrogens with one attached hydrogen (secondary N) is 2. The SMILES string of the molecule is CC(C)C(NC(N)=O)C(=O)NC1C2CCC(C2)C1C(=O)O. The molecular formula is C14H23N3O4. The Hall–Kier alpha value is -1.79. The topological polar surface area (TPSA) is 122 Å². The third-order valence-corrected chi connectivity index (χ3v) is 4.76. The van der Waals surface area contributed by atoms with Crippen molar-refractivity contribution in [3.8, 4) is 0 Å². The molecule has 0 aromatic heterocycles. The molecule has 7 heteroatoms. The van der Waals surface area contributed by atoms with Crippen LogP contribution in [-0.2, 0) is 9.59 Å². The van der Waals surface area contributed by atoms with E-state index in [1.807, 2.05) is 0 Å². The Morgan fingerprint density at radius 1 is 1.19 bits per heavy atom. The fourth-order valence-electron chi connectivity index (χ4n) is 3.80. The molecule has 2 aliphatic carbocycles. The van der Waals surface area contributed by atoms with E-state index in [2.05, 4.69) is 10.6 Å². The van der Waals surface area contributed by atoms with Crippen molar-refractivity contribution < 1.29 is 19.5 Å². The van der Waals surface area contributed by atoms with Crippen LogP contribution in [0.5, 0.6) is 0 Å². The van der Waals surface area contributed by atoms with Gasteiger partial charge in [-0.1, -0.05) is 13.8 Å². The summed E-state index contributed by atoms with van der Waals surface area (Å²) < 4.78 is 0. The van der Waals surface area contributed by atoms with Crippen molar-refractivity contribution >= 4 is 17.9 Å². The van der Waals surface area contributed by atoms with Gasteiger partial charge in [0, 0.05) is 6.04 Å². The van der Waals surface area contributed by atoms with Gasteiger partial charge in [-0.15, -0.1) is 0 Å². The maximum absolute atomic E-state index is 12.3. The first-order valence-corrected chi connectivity index (χ1v) is 7.40. The van der Waals surface area contributed by atoms with Gasteiger partial charge in [0.1, 0.15) is 6.04 Å². The van der Waals surface area contributed by atoms with Crippen LogP contribution in [0.1, 0.15) is 33.1 Å². The number of rotatable bonds is 5. The standard InChI is InChI=1S/C14H23N3O4/c1-6(2)10(17-14(15)21)12(18)16-11-8-4-3-7(5-8)9(11)13(19)20/h6-11H,3-5H2,1-2H3,(H,16,18)(H,19,20)(H3,15,17,21). The minimum atomic E-state index is -0.851. The molecular weight excluding hydrogens is 274 g/mol. The number of carboxylic acid groups (broad SMARTS) is 1. The second-order valence-electron chi connectivity index (χ2n) is 6.46. The van der Waals surface area contributed by atoms with Crippen LogP contribution in [0.4, 0.5) is 4.79 Å². The third-order valence-electron chi connectivity index (χ3n) is 4.76. The van der Waals surface area contributed by atoms with Gasteiger partial charge in [0.2, 0.25) is 5.91 Å². The lowest BCUT2D eigenvalue weighted by Gasteiger charge is -2.31.